The average Bonchev–Trinajstić information content (AvgIpc) is 3.05. The monoisotopic (exact) mass is 337 g/mol. The van der Waals surface area contributed by atoms with Crippen LogP contribution in [0.1, 0.15) is 30.9 Å². The smallest absolute Gasteiger partial charge is 0.220 e. The van der Waals surface area contributed by atoms with Gasteiger partial charge < -0.3 is 15.0 Å². The van der Waals surface area contributed by atoms with Gasteiger partial charge in [0.25, 0.3) is 0 Å². The lowest BCUT2D eigenvalue weighted by Crippen LogP contribution is -2.23. The van der Waals surface area contributed by atoms with E-state index in [2.05, 4.69) is 27.4 Å². The molecular formula is C20H23N3O2. The fourth-order valence-corrected chi connectivity index (χ4v) is 2.89. The molecule has 0 atom stereocenters. The topological polar surface area (TPSA) is 67.0 Å². The molecule has 0 aliphatic heterocycles. The molecule has 0 unspecified atom stereocenters. The number of H-pyrrole nitrogens is 1. The zero-order valence-corrected chi connectivity index (χ0v) is 14.4. The van der Waals surface area contributed by atoms with E-state index >= 15 is 0 Å². The van der Waals surface area contributed by atoms with Crippen molar-refractivity contribution in [1.82, 2.24) is 15.3 Å². The number of aromatic nitrogens is 2. The lowest BCUT2D eigenvalue weighted by atomic mass is 10.1. The molecule has 0 aliphatic carbocycles. The largest absolute Gasteiger partial charge is 0.478 e. The number of para-hydroxylation sites is 1. The fraction of sp³-hybridized carbons (Fsp3) is 0.300. The number of carbonyl (C=O) groups excluding carboxylic acids is 1. The summed E-state index contributed by atoms with van der Waals surface area (Å²) in [5.41, 5.74) is 3.30. The fourth-order valence-electron chi connectivity index (χ4n) is 2.89. The van der Waals surface area contributed by atoms with Crippen LogP contribution in [0.15, 0.2) is 48.8 Å². The molecule has 3 rings (SSSR count). The second kappa shape index (κ2) is 8.33. The molecule has 1 amide bonds. The van der Waals surface area contributed by atoms with E-state index in [-0.39, 0.29) is 5.91 Å². The molecule has 0 fully saturated rings. The van der Waals surface area contributed by atoms with Crippen molar-refractivity contribution >= 4 is 16.8 Å². The van der Waals surface area contributed by atoms with Gasteiger partial charge in [0, 0.05) is 41.8 Å². The Morgan fingerprint density at radius 2 is 2.08 bits per heavy atom. The number of pyridine rings is 1. The lowest BCUT2D eigenvalue weighted by molar-refractivity contribution is -0.121. The van der Waals surface area contributed by atoms with Crippen molar-refractivity contribution in [2.75, 3.05) is 6.61 Å². The zero-order valence-electron chi connectivity index (χ0n) is 14.4. The number of rotatable bonds is 8. The van der Waals surface area contributed by atoms with Crippen LogP contribution in [-0.2, 0) is 17.8 Å². The number of hydrogen-bond donors (Lipinski definition) is 2. The van der Waals surface area contributed by atoms with Crippen LogP contribution in [0.5, 0.6) is 5.88 Å². The Kier molecular flexibility index (Phi) is 5.67. The number of nitrogens with one attached hydrogen (secondary N) is 2. The van der Waals surface area contributed by atoms with Crippen molar-refractivity contribution in [3.05, 3.63) is 59.9 Å². The summed E-state index contributed by atoms with van der Waals surface area (Å²) >= 11 is 0. The molecule has 0 bridgehead atoms. The van der Waals surface area contributed by atoms with Gasteiger partial charge in [-0.05, 0) is 37.5 Å². The summed E-state index contributed by atoms with van der Waals surface area (Å²) in [4.78, 5) is 19.6. The minimum atomic E-state index is 0.0474. The summed E-state index contributed by atoms with van der Waals surface area (Å²) in [6.07, 6.45) is 5.93. The van der Waals surface area contributed by atoms with Crippen LogP contribution in [0.3, 0.4) is 0 Å². The van der Waals surface area contributed by atoms with E-state index in [1.807, 2.05) is 37.4 Å². The van der Waals surface area contributed by atoms with E-state index in [4.69, 9.17) is 4.74 Å². The molecule has 25 heavy (non-hydrogen) atoms. The maximum Gasteiger partial charge on any atom is 0.220 e. The first-order valence-corrected chi connectivity index (χ1v) is 8.66. The molecule has 0 saturated carbocycles. The molecule has 0 saturated heterocycles. The summed E-state index contributed by atoms with van der Waals surface area (Å²) in [5, 5.41) is 4.18. The van der Waals surface area contributed by atoms with Gasteiger partial charge in [0.05, 0.1) is 6.61 Å². The number of amides is 1. The molecule has 3 aromatic rings. The molecule has 5 nitrogen and oxygen atoms in total. The highest BCUT2D eigenvalue weighted by atomic mass is 16.5. The third kappa shape index (κ3) is 4.38. The molecule has 130 valence electrons. The van der Waals surface area contributed by atoms with E-state index < -0.39 is 0 Å². The quantitative estimate of drug-likeness (QED) is 0.660. The zero-order chi connectivity index (χ0) is 17.5. The van der Waals surface area contributed by atoms with Crippen molar-refractivity contribution in [2.24, 2.45) is 0 Å². The molecule has 1 aromatic carbocycles. The summed E-state index contributed by atoms with van der Waals surface area (Å²) in [6.45, 7) is 2.92. The number of ether oxygens (including phenoxy) is 1. The van der Waals surface area contributed by atoms with Gasteiger partial charge in [0.15, 0.2) is 0 Å². The second-order valence-electron chi connectivity index (χ2n) is 5.89. The van der Waals surface area contributed by atoms with Crippen LogP contribution >= 0.6 is 0 Å². The van der Waals surface area contributed by atoms with E-state index in [0.29, 0.717) is 25.5 Å². The molecular weight excluding hydrogens is 314 g/mol. The van der Waals surface area contributed by atoms with Crippen LogP contribution in [0, 0.1) is 0 Å². The van der Waals surface area contributed by atoms with E-state index in [9.17, 15) is 4.79 Å². The standard InChI is InChI=1S/C20H23N3O2/c1-2-25-20-16(8-6-12-21-20)14-23-19(24)11-5-7-15-13-22-18-10-4-3-9-17(15)18/h3-4,6,8-10,12-13,22H,2,5,7,11,14H2,1H3,(H,23,24). The maximum absolute atomic E-state index is 12.1. The number of aromatic amines is 1. The summed E-state index contributed by atoms with van der Waals surface area (Å²) < 4.78 is 5.47. The van der Waals surface area contributed by atoms with E-state index in [0.717, 1.165) is 23.9 Å². The van der Waals surface area contributed by atoms with Gasteiger partial charge in [-0.15, -0.1) is 0 Å². The molecule has 2 aromatic heterocycles. The predicted octanol–water partition coefficient (Wildman–Crippen LogP) is 3.60. The first-order valence-electron chi connectivity index (χ1n) is 8.66. The van der Waals surface area contributed by atoms with Gasteiger partial charge in [-0.25, -0.2) is 4.98 Å². The third-order valence-corrected chi connectivity index (χ3v) is 4.13. The Hall–Kier alpha value is -2.82. The van der Waals surface area contributed by atoms with Crippen LogP contribution in [0.4, 0.5) is 0 Å². The average molecular weight is 337 g/mol. The number of aryl methyl sites for hydroxylation is 1. The Labute approximate surface area is 147 Å². The normalized spacial score (nSPS) is 10.8. The molecule has 0 spiro atoms. The van der Waals surface area contributed by atoms with Gasteiger partial charge in [-0.2, -0.15) is 0 Å². The molecule has 2 heterocycles. The van der Waals surface area contributed by atoms with Crippen LogP contribution < -0.4 is 10.1 Å². The Balaban J connectivity index is 1.47. The number of nitrogens with zero attached hydrogens (tertiary/aromatic N) is 1. The van der Waals surface area contributed by atoms with Gasteiger partial charge in [-0.1, -0.05) is 24.3 Å². The Morgan fingerprint density at radius 1 is 1.20 bits per heavy atom. The highest BCUT2D eigenvalue weighted by Gasteiger charge is 2.08. The summed E-state index contributed by atoms with van der Waals surface area (Å²) in [6, 6.07) is 12.0. The van der Waals surface area contributed by atoms with Crippen LogP contribution in [-0.4, -0.2) is 22.5 Å². The SMILES string of the molecule is CCOc1ncccc1CNC(=O)CCCc1c[nH]c2ccccc12. The van der Waals surface area contributed by atoms with Crippen molar-refractivity contribution < 1.29 is 9.53 Å². The van der Waals surface area contributed by atoms with Crippen LogP contribution in [0.25, 0.3) is 10.9 Å². The Morgan fingerprint density at radius 3 is 2.96 bits per heavy atom. The number of carbonyl (C=O) groups is 1. The second-order valence-corrected chi connectivity index (χ2v) is 5.89. The Bertz CT molecular complexity index is 842. The van der Waals surface area contributed by atoms with Gasteiger partial charge in [0.1, 0.15) is 0 Å². The van der Waals surface area contributed by atoms with E-state index in [1.165, 1.54) is 10.9 Å². The molecule has 0 aliphatic rings. The highest BCUT2D eigenvalue weighted by Crippen LogP contribution is 2.19. The summed E-state index contributed by atoms with van der Waals surface area (Å²) in [5.74, 6) is 0.634. The highest BCUT2D eigenvalue weighted by molar-refractivity contribution is 5.83. The molecule has 0 radical (unpaired) electrons. The number of benzene rings is 1. The van der Waals surface area contributed by atoms with Gasteiger partial charge in [0.2, 0.25) is 11.8 Å². The van der Waals surface area contributed by atoms with Crippen molar-refractivity contribution in [2.45, 2.75) is 32.7 Å². The number of hydrogen-bond acceptors (Lipinski definition) is 3. The summed E-state index contributed by atoms with van der Waals surface area (Å²) in [7, 11) is 0. The van der Waals surface area contributed by atoms with E-state index in [1.54, 1.807) is 6.20 Å². The predicted molar refractivity (Wildman–Crippen MR) is 98.5 cm³/mol. The molecule has 5 heteroatoms. The minimum Gasteiger partial charge on any atom is -0.478 e. The molecule has 2 N–H and O–H groups in total. The van der Waals surface area contributed by atoms with Crippen molar-refractivity contribution in [3.63, 3.8) is 0 Å². The maximum atomic E-state index is 12.1. The van der Waals surface area contributed by atoms with Gasteiger partial charge >= 0.3 is 0 Å². The van der Waals surface area contributed by atoms with Crippen molar-refractivity contribution in [3.8, 4) is 5.88 Å². The minimum absolute atomic E-state index is 0.0474. The third-order valence-electron chi connectivity index (χ3n) is 4.13. The van der Waals surface area contributed by atoms with Gasteiger partial charge in [-0.3, -0.25) is 4.79 Å². The van der Waals surface area contributed by atoms with Crippen LogP contribution in [0.2, 0.25) is 0 Å². The first-order chi connectivity index (χ1) is 12.3. The lowest BCUT2D eigenvalue weighted by Gasteiger charge is -2.09. The van der Waals surface area contributed by atoms with Crippen molar-refractivity contribution in [1.29, 1.82) is 0 Å². The first kappa shape index (κ1) is 17.0. The number of fused-ring (bicyclic) bond motifs is 1.